The molecule has 0 saturated heterocycles. The molecule has 0 aromatic carbocycles. The highest BCUT2D eigenvalue weighted by atomic mass is 35.5. The summed E-state index contributed by atoms with van der Waals surface area (Å²) in [4.78, 5) is 22.3. The molecule has 0 spiro atoms. The van der Waals surface area contributed by atoms with Crippen molar-refractivity contribution < 1.29 is 23.1 Å². The van der Waals surface area contributed by atoms with E-state index < -0.39 is 24.0 Å². The number of carbonyl (C=O) groups is 2. The predicted octanol–water partition coefficient (Wildman–Crippen LogP) is 1.07. The number of hydrogen-bond donors (Lipinski definition) is 1. The zero-order chi connectivity index (χ0) is 14.6. The third-order valence-corrected chi connectivity index (χ3v) is 2.78. The monoisotopic (exact) mass is 295 g/mol. The Bertz CT molecular complexity index is 491. The minimum atomic E-state index is -2.81. The van der Waals surface area contributed by atoms with Gasteiger partial charge in [0.15, 0.2) is 0 Å². The van der Waals surface area contributed by atoms with Gasteiger partial charge < -0.3 is 10.1 Å². The molecule has 0 fully saturated rings. The van der Waals surface area contributed by atoms with Gasteiger partial charge in [0.05, 0.1) is 17.8 Å². The number of esters is 1. The fraction of sp³-hybridized carbons (Fsp3) is 0.500. The standard InChI is InChI=1S/C10H12ClF2N3O3/c1-5-8(11)9(10(12)13)15-16(5)4-6(17)14-3-7(18)19-2/h10H,3-4H2,1-2H3,(H,14,17). The normalized spacial score (nSPS) is 10.6. The van der Waals surface area contributed by atoms with Crippen LogP contribution >= 0.6 is 11.6 Å². The molecule has 0 atom stereocenters. The number of rotatable bonds is 5. The van der Waals surface area contributed by atoms with E-state index in [4.69, 9.17) is 11.6 Å². The van der Waals surface area contributed by atoms with Crippen LogP contribution in [0.5, 0.6) is 0 Å². The van der Waals surface area contributed by atoms with Crippen LogP contribution in [0.3, 0.4) is 0 Å². The van der Waals surface area contributed by atoms with Crippen molar-refractivity contribution in [3.63, 3.8) is 0 Å². The quantitative estimate of drug-likeness (QED) is 0.825. The summed E-state index contributed by atoms with van der Waals surface area (Å²) in [5.74, 6) is -1.18. The first-order chi connectivity index (χ1) is 8.86. The summed E-state index contributed by atoms with van der Waals surface area (Å²) < 4.78 is 30.5. The Hall–Kier alpha value is -1.70. The minimum Gasteiger partial charge on any atom is -0.468 e. The molecule has 1 aromatic heterocycles. The summed E-state index contributed by atoms with van der Waals surface area (Å²) in [6, 6.07) is 0. The molecule has 19 heavy (non-hydrogen) atoms. The molecule has 9 heteroatoms. The van der Waals surface area contributed by atoms with Crippen LogP contribution < -0.4 is 5.32 Å². The second-order valence-electron chi connectivity index (χ2n) is 3.60. The summed E-state index contributed by atoms with van der Waals surface area (Å²) in [6.45, 7) is 0.856. The third kappa shape index (κ3) is 3.88. The molecular weight excluding hydrogens is 284 g/mol. The molecule has 0 saturated carbocycles. The smallest absolute Gasteiger partial charge is 0.325 e. The number of nitrogens with one attached hydrogen (secondary N) is 1. The second-order valence-corrected chi connectivity index (χ2v) is 3.97. The number of ether oxygens (including phenoxy) is 1. The van der Waals surface area contributed by atoms with Crippen molar-refractivity contribution in [2.24, 2.45) is 0 Å². The van der Waals surface area contributed by atoms with Crippen molar-refractivity contribution in [2.45, 2.75) is 19.9 Å². The first-order valence-corrected chi connectivity index (χ1v) is 5.59. The number of halogens is 3. The highest BCUT2D eigenvalue weighted by molar-refractivity contribution is 6.31. The first kappa shape index (κ1) is 15.4. The lowest BCUT2D eigenvalue weighted by molar-refractivity contribution is -0.141. The van der Waals surface area contributed by atoms with E-state index in [1.807, 2.05) is 0 Å². The first-order valence-electron chi connectivity index (χ1n) is 5.21. The number of alkyl halides is 2. The highest BCUT2D eigenvalue weighted by Gasteiger charge is 2.21. The van der Waals surface area contributed by atoms with E-state index in [9.17, 15) is 18.4 Å². The highest BCUT2D eigenvalue weighted by Crippen LogP contribution is 2.28. The summed E-state index contributed by atoms with van der Waals surface area (Å²) in [5, 5.41) is 5.65. The van der Waals surface area contributed by atoms with Gasteiger partial charge in [0.2, 0.25) is 5.91 Å². The molecule has 0 bridgehead atoms. The molecule has 0 unspecified atom stereocenters. The van der Waals surface area contributed by atoms with E-state index in [1.54, 1.807) is 0 Å². The van der Waals surface area contributed by atoms with Gasteiger partial charge in [-0.2, -0.15) is 5.10 Å². The van der Waals surface area contributed by atoms with Crippen LogP contribution in [0.1, 0.15) is 17.8 Å². The van der Waals surface area contributed by atoms with E-state index in [1.165, 1.54) is 14.0 Å². The van der Waals surface area contributed by atoms with E-state index in [0.717, 1.165) is 4.68 Å². The lowest BCUT2D eigenvalue weighted by Gasteiger charge is -2.05. The zero-order valence-electron chi connectivity index (χ0n) is 10.2. The fourth-order valence-electron chi connectivity index (χ4n) is 1.28. The molecule has 1 N–H and O–H groups in total. The molecule has 0 aliphatic rings. The van der Waals surface area contributed by atoms with Crippen LogP contribution in [0.25, 0.3) is 0 Å². The van der Waals surface area contributed by atoms with Crippen LogP contribution in [0.4, 0.5) is 8.78 Å². The SMILES string of the molecule is COC(=O)CNC(=O)Cn1nc(C(F)F)c(Cl)c1C. The molecule has 0 radical (unpaired) electrons. The third-order valence-electron chi connectivity index (χ3n) is 2.32. The molecule has 6 nitrogen and oxygen atoms in total. The zero-order valence-corrected chi connectivity index (χ0v) is 11.0. The molecule has 106 valence electrons. The fourth-order valence-corrected chi connectivity index (χ4v) is 1.49. The molecule has 1 aromatic rings. The van der Waals surface area contributed by atoms with Crippen LogP contribution in [-0.2, 0) is 20.9 Å². The van der Waals surface area contributed by atoms with Crippen molar-refractivity contribution in [1.82, 2.24) is 15.1 Å². The Labute approximate surface area is 112 Å². The average Bonchev–Trinajstić information content (AvgIpc) is 2.64. The van der Waals surface area contributed by atoms with E-state index in [-0.39, 0.29) is 23.8 Å². The van der Waals surface area contributed by atoms with E-state index >= 15 is 0 Å². The van der Waals surface area contributed by atoms with Gasteiger partial charge in [-0.3, -0.25) is 14.3 Å². The van der Waals surface area contributed by atoms with Gasteiger partial charge in [0, 0.05) is 0 Å². The maximum atomic E-state index is 12.5. The Morgan fingerprint density at radius 1 is 1.53 bits per heavy atom. The van der Waals surface area contributed by atoms with Gasteiger partial charge in [-0.25, -0.2) is 8.78 Å². The Kier molecular flexibility index (Phi) is 5.22. The number of hydrogen-bond acceptors (Lipinski definition) is 4. The topological polar surface area (TPSA) is 73.2 Å². The Morgan fingerprint density at radius 2 is 2.16 bits per heavy atom. The number of aromatic nitrogens is 2. The van der Waals surface area contributed by atoms with Gasteiger partial charge in [0.25, 0.3) is 6.43 Å². The summed E-state index contributed by atoms with van der Waals surface area (Å²) in [7, 11) is 1.18. The van der Waals surface area contributed by atoms with Crippen molar-refractivity contribution >= 4 is 23.5 Å². The van der Waals surface area contributed by atoms with Crippen LogP contribution in [0.15, 0.2) is 0 Å². The number of methoxy groups -OCH3 is 1. The lowest BCUT2D eigenvalue weighted by Crippen LogP contribution is -2.33. The van der Waals surface area contributed by atoms with Gasteiger partial charge in [-0.1, -0.05) is 11.6 Å². The van der Waals surface area contributed by atoms with Gasteiger partial charge in [-0.05, 0) is 6.92 Å². The van der Waals surface area contributed by atoms with Crippen LogP contribution in [0.2, 0.25) is 5.02 Å². The molecule has 1 heterocycles. The summed E-state index contributed by atoms with van der Waals surface area (Å²) in [6.07, 6.45) is -2.81. The summed E-state index contributed by atoms with van der Waals surface area (Å²) in [5.41, 5.74) is -0.315. The van der Waals surface area contributed by atoms with Crippen molar-refractivity contribution in [2.75, 3.05) is 13.7 Å². The maximum absolute atomic E-state index is 12.5. The van der Waals surface area contributed by atoms with E-state index in [0.29, 0.717) is 0 Å². The largest absolute Gasteiger partial charge is 0.468 e. The second kappa shape index (κ2) is 6.46. The number of amides is 1. The Morgan fingerprint density at radius 3 is 2.63 bits per heavy atom. The van der Waals surface area contributed by atoms with Crippen molar-refractivity contribution in [1.29, 1.82) is 0 Å². The number of nitrogens with zero attached hydrogens (tertiary/aromatic N) is 2. The predicted molar refractivity (Wildman–Crippen MR) is 62.0 cm³/mol. The summed E-state index contributed by atoms with van der Waals surface area (Å²) >= 11 is 5.67. The van der Waals surface area contributed by atoms with Gasteiger partial charge >= 0.3 is 5.97 Å². The minimum absolute atomic E-state index is 0.171. The van der Waals surface area contributed by atoms with Gasteiger partial charge in [0.1, 0.15) is 18.8 Å². The van der Waals surface area contributed by atoms with Crippen molar-refractivity contribution in [3.8, 4) is 0 Å². The Balaban J connectivity index is 2.69. The maximum Gasteiger partial charge on any atom is 0.325 e. The molecule has 0 aliphatic heterocycles. The molecule has 0 aliphatic carbocycles. The number of carbonyl (C=O) groups excluding carboxylic acids is 2. The van der Waals surface area contributed by atoms with Crippen LogP contribution in [-0.4, -0.2) is 35.3 Å². The molecular formula is C10H12ClF2N3O3. The average molecular weight is 296 g/mol. The van der Waals surface area contributed by atoms with Gasteiger partial charge in [-0.15, -0.1) is 0 Å². The van der Waals surface area contributed by atoms with Crippen molar-refractivity contribution in [3.05, 3.63) is 16.4 Å². The van der Waals surface area contributed by atoms with E-state index in [2.05, 4.69) is 15.2 Å². The molecule has 1 rings (SSSR count). The molecule has 1 amide bonds. The lowest BCUT2D eigenvalue weighted by atomic mass is 10.4. The van der Waals surface area contributed by atoms with Crippen LogP contribution in [0, 0.1) is 6.92 Å².